The summed E-state index contributed by atoms with van der Waals surface area (Å²) in [6.07, 6.45) is 6.86. The third-order valence-electron chi connectivity index (χ3n) is 8.62. The number of likely N-dealkylation sites (tertiary alicyclic amines) is 1. The zero-order valence-electron chi connectivity index (χ0n) is 22.5. The van der Waals surface area contributed by atoms with Gasteiger partial charge in [-0.05, 0) is 92.8 Å². The van der Waals surface area contributed by atoms with Gasteiger partial charge in [0.05, 0.1) is 12.2 Å². The van der Waals surface area contributed by atoms with E-state index in [0.717, 1.165) is 47.0 Å². The normalized spacial score (nSPS) is 21.8. The summed E-state index contributed by atoms with van der Waals surface area (Å²) >= 11 is 0. The van der Waals surface area contributed by atoms with E-state index >= 15 is 0 Å². The number of hydrogen-bond acceptors (Lipinski definition) is 4. The molecule has 0 aliphatic carbocycles. The second kappa shape index (κ2) is 11.2. The van der Waals surface area contributed by atoms with Crippen molar-refractivity contribution in [2.75, 3.05) is 25.4 Å². The minimum Gasteiger partial charge on any atom is -0.369 e. The van der Waals surface area contributed by atoms with Crippen LogP contribution in [0.15, 0.2) is 48.7 Å². The fraction of sp³-hybridized carbons (Fsp3) is 0.500. The summed E-state index contributed by atoms with van der Waals surface area (Å²) in [4.78, 5) is 17.7. The highest BCUT2D eigenvalue weighted by atomic mass is 32.2. The van der Waals surface area contributed by atoms with E-state index in [1.807, 2.05) is 30.5 Å². The van der Waals surface area contributed by atoms with Gasteiger partial charge in [-0.2, -0.15) is 0 Å². The number of piperidine rings is 1. The Hall–Kier alpha value is -2.68. The number of hydrogen-bond donors (Lipinski definition) is 2. The van der Waals surface area contributed by atoms with Gasteiger partial charge in [-0.15, -0.1) is 0 Å². The highest BCUT2D eigenvalue weighted by Gasteiger charge is 2.31. The molecule has 2 saturated heterocycles. The minimum absolute atomic E-state index is 0.169. The average Bonchev–Trinajstić information content (AvgIpc) is 3.47. The van der Waals surface area contributed by atoms with Gasteiger partial charge in [-0.25, -0.2) is 12.7 Å². The Morgan fingerprint density at radius 1 is 1.00 bits per heavy atom. The molecule has 2 atom stereocenters. The molecule has 1 aromatic heterocycles. The number of primary amides is 1. The lowest BCUT2D eigenvalue weighted by Crippen LogP contribution is -2.40. The second-order valence-electron chi connectivity index (χ2n) is 11.2. The van der Waals surface area contributed by atoms with E-state index in [1.54, 1.807) is 4.31 Å². The number of rotatable bonds is 9. The lowest BCUT2D eigenvalue weighted by Gasteiger charge is -2.32. The maximum atomic E-state index is 13.1. The topological polar surface area (TPSA) is 99.5 Å². The Kier molecular flexibility index (Phi) is 7.93. The first kappa shape index (κ1) is 26.9. The van der Waals surface area contributed by atoms with Crippen LogP contribution in [0.4, 0.5) is 0 Å². The zero-order valence-corrected chi connectivity index (χ0v) is 23.3. The van der Waals surface area contributed by atoms with Gasteiger partial charge in [-0.3, -0.25) is 9.69 Å². The number of carbonyl (C=O) groups is 1. The van der Waals surface area contributed by atoms with Crippen molar-refractivity contribution >= 4 is 26.8 Å². The molecule has 2 fully saturated rings. The van der Waals surface area contributed by atoms with Crippen LogP contribution >= 0.6 is 0 Å². The molecule has 8 heteroatoms. The minimum atomic E-state index is -3.26. The molecule has 0 bridgehead atoms. The molecular weight excluding hydrogens is 496 g/mol. The maximum absolute atomic E-state index is 13.1. The summed E-state index contributed by atoms with van der Waals surface area (Å²) in [6, 6.07) is 15.5. The van der Waals surface area contributed by atoms with Crippen molar-refractivity contribution in [1.82, 2.24) is 14.2 Å². The highest BCUT2D eigenvalue weighted by molar-refractivity contribution is 7.89. The maximum Gasteiger partial charge on any atom is 0.221 e. The van der Waals surface area contributed by atoms with Gasteiger partial charge in [-0.1, -0.05) is 30.3 Å². The summed E-state index contributed by atoms with van der Waals surface area (Å²) in [5.74, 6) is 0.117. The SMILES string of the molecule is C[C@@H]1CC[C@@H](C)N1CCCS(=O)(=O)N1CCC(c2c[nH]c3c(CC(N)=O)cc(-c4ccccc4)cc23)CC1. The number of aromatic nitrogens is 1. The summed E-state index contributed by atoms with van der Waals surface area (Å²) in [5, 5.41) is 1.10. The molecule has 3 aromatic rings. The Morgan fingerprint density at radius 3 is 2.34 bits per heavy atom. The Balaban J connectivity index is 1.29. The van der Waals surface area contributed by atoms with Crippen LogP contribution in [0.3, 0.4) is 0 Å². The molecule has 2 aromatic carbocycles. The fourth-order valence-electron chi connectivity index (χ4n) is 6.48. The van der Waals surface area contributed by atoms with Gasteiger partial charge >= 0.3 is 0 Å². The Labute approximate surface area is 226 Å². The lowest BCUT2D eigenvalue weighted by atomic mass is 9.88. The van der Waals surface area contributed by atoms with Gasteiger partial charge < -0.3 is 10.7 Å². The van der Waals surface area contributed by atoms with Gasteiger partial charge in [0.1, 0.15) is 0 Å². The first-order valence-corrected chi connectivity index (χ1v) is 15.5. The molecule has 0 saturated carbocycles. The molecule has 2 aliphatic rings. The standard InChI is InChI=1S/C30H40N4O3S/c1-21-9-10-22(2)34(21)13-6-16-38(36,37)33-14-11-24(12-15-33)28-20-32-30-26(19-29(31)35)17-25(18-27(28)30)23-7-4-3-5-8-23/h3-5,7-8,17-18,20-22,24,32H,6,9-16,19H2,1-2H3,(H2,31,35)/t21-,22-/m1/s1. The van der Waals surface area contributed by atoms with Crippen molar-refractivity contribution in [3.05, 3.63) is 59.8 Å². The van der Waals surface area contributed by atoms with Gasteiger partial charge in [0.2, 0.25) is 15.9 Å². The third kappa shape index (κ3) is 5.67. The molecule has 0 unspecified atom stereocenters. The van der Waals surface area contributed by atoms with Gasteiger partial charge in [0, 0.05) is 42.3 Å². The van der Waals surface area contributed by atoms with E-state index in [9.17, 15) is 13.2 Å². The van der Waals surface area contributed by atoms with Crippen molar-refractivity contribution in [3.8, 4) is 11.1 Å². The number of aromatic amines is 1. The summed E-state index contributed by atoms with van der Waals surface area (Å²) in [7, 11) is -3.26. The molecule has 2 aliphatic heterocycles. The highest BCUT2D eigenvalue weighted by Crippen LogP contribution is 2.37. The van der Waals surface area contributed by atoms with E-state index in [4.69, 9.17) is 5.73 Å². The molecule has 0 spiro atoms. The monoisotopic (exact) mass is 536 g/mol. The number of H-pyrrole nitrogens is 1. The van der Waals surface area contributed by atoms with Crippen LogP contribution in [-0.2, 0) is 21.2 Å². The first-order valence-electron chi connectivity index (χ1n) is 13.9. The van der Waals surface area contributed by atoms with Crippen LogP contribution < -0.4 is 5.73 Å². The van der Waals surface area contributed by atoms with Crippen LogP contribution in [0.1, 0.15) is 63.0 Å². The smallest absolute Gasteiger partial charge is 0.221 e. The number of benzene rings is 2. The zero-order chi connectivity index (χ0) is 26.9. The summed E-state index contributed by atoms with van der Waals surface area (Å²) < 4.78 is 28.0. The molecule has 5 rings (SSSR count). The summed E-state index contributed by atoms with van der Waals surface area (Å²) in [6.45, 7) is 6.43. The quantitative estimate of drug-likeness (QED) is 0.416. The number of nitrogens with zero attached hydrogens (tertiary/aromatic N) is 2. The number of nitrogens with two attached hydrogens (primary N) is 1. The van der Waals surface area contributed by atoms with Crippen LogP contribution in [0, 0.1) is 0 Å². The molecule has 3 N–H and O–H groups in total. The number of nitrogens with one attached hydrogen (secondary N) is 1. The third-order valence-corrected chi connectivity index (χ3v) is 10.6. The predicted molar refractivity (Wildman–Crippen MR) is 153 cm³/mol. The van der Waals surface area contributed by atoms with Gasteiger partial charge in [0.15, 0.2) is 0 Å². The largest absolute Gasteiger partial charge is 0.369 e. The fourth-order valence-corrected chi connectivity index (χ4v) is 8.00. The number of sulfonamides is 1. The van der Waals surface area contributed by atoms with E-state index in [1.165, 1.54) is 18.4 Å². The van der Waals surface area contributed by atoms with Crippen molar-refractivity contribution in [2.24, 2.45) is 5.73 Å². The molecule has 204 valence electrons. The van der Waals surface area contributed by atoms with E-state index < -0.39 is 10.0 Å². The average molecular weight is 537 g/mol. The van der Waals surface area contributed by atoms with Crippen molar-refractivity contribution in [2.45, 2.75) is 70.4 Å². The van der Waals surface area contributed by atoms with Crippen molar-refractivity contribution in [3.63, 3.8) is 0 Å². The molecule has 38 heavy (non-hydrogen) atoms. The molecular formula is C30H40N4O3S. The van der Waals surface area contributed by atoms with Crippen LogP contribution in [0.5, 0.6) is 0 Å². The molecule has 3 heterocycles. The van der Waals surface area contributed by atoms with E-state index in [2.05, 4.69) is 41.9 Å². The van der Waals surface area contributed by atoms with Crippen LogP contribution in [0.2, 0.25) is 0 Å². The Morgan fingerprint density at radius 2 is 1.68 bits per heavy atom. The first-order chi connectivity index (χ1) is 18.2. The number of amides is 1. The van der Waals surface area contributed by atoms with E-state index in [-0.39, 0.29) is 24.0 Å². The van der Waals surface area contributed by atoms with Crippen molar-refractivity contribution < 1.29 is 13.2 Å². The Bertz CT molecular complexity index is 1370. The van der Waals surface area contributed by atoms with Gasteiger partial charge in [0.25, 0.3) is 0 Å². The number of carbonyl (C=O) groups excluding carboxylic acids is 1. The lowest BCUT2D eigenvalue weighted by molar-refractivity contribution is -0.117. The number of fused-ring (bicyclic) bond motifs is 1. The summed E-state index contributed by atoms with van der Waals surface area (Å²) in [5.41, 5.74) is 10.7. The molecule has 1 amide bonds. The molecule has 7 nitrogen and oxygen atoms in total. The van der Waals surface area contributed by atoms with Crippen LogP contribution in [-0.4, -0.2) is 66.0 Å². The van der Waals surface area contributed by atoms with Crippen LogP contribution in [0.25, 0.3) is 22.0 Å². The molecule has 0 radical (unpaired) electrons. The van der Waals surface area contributed by atoms with Crippen molar-refractivity contribution in [1.29, 1.82) is 0 Å². The predicted octanol–water partition coefficient (Wildman–Crippen LogP) is 4.63. The van der Waals surface area contributed by atoms with E-state index in [0.29, 0.717) is 31.6 Å². The second-order valence-corrected chi connectivity index (χ2v) is 13.3.